The van der Waals surface area contributed by atoms with Crippen LogP contribution in [0.15, 0.2) is 72.8 Å². The summed E-state index contributed by atoms with van der Waals surface area (Å²) >= 11 is 12.1. The first-order valence-corrected chi connectivity index (χ1v) is 8.52. The minimum absolute atomic E-state index is 0.136. The van der Waals surface area contributed by atoms with Gasteiger partial charge < -0.3 is 10.6 Å². The number of hydrogen-bond donors (Lipinski definition) is 2. The predicted octanol–water partition coefficient (Wildman–Crippen LogP) is 5.50. The molecule has 3 aromatic carbocycles. The second-order valence-corrected chi connectivity index (χ2v) is 6.27. The Balaban J connectivity index is 1.92. The van der Waals surface area contributed by atoms with Gasteiger partial charge in [0.05, 0.1) is 21.2 Å². The van der Waals surface area contributed by atoms with Crippen LogP contribution in [0, 0.1) is 0 Å². The molecule has 0 bridgehead atoms. The summed E-state index contributed by atoms with van der Waals surface area (Å²) in [5.74, 6) is -0.902. The molecule has 26 heavy (non-hydrogen) atoms. The summed E-state index contributed by atoms with van der Waals surface area (Å²) in [5, 5.41) is 5.88. The molecule has 130 valence electrons. The molecule has 3 rings (SSSR count). The summed E-state index contributed by atoms with van der Waals surface area (Å²) < 4.78 is 0. The summed E-state index contributed by atoms with van der Waals surface area (Å²) in [6.07, 6.45) is 0. The molecule has 0 aromatic heterocycles. The minimum Gasteiger partial charge on any atom is -0.322 e. The lowest BCUT2D eigenvalue weighted by Gasteiger charge is -2.12. The van der Waals surface area contributed by atoms with E-state index in [9.17, 15) is 9.59 Å². The van der Waals surface area contributed by atoms with Gasteiger partial charge in [-0.2, -0.15) is 0 Å². The van der Waals surface area contributed by atoms with Gasteiger partial charge in [0.15, 0.2) is 0 Å². The van der Waals surface area contributed by atoms with E-state index in [0.717, 1.165) is 0 Å². The van der Waals surface area contributed by atoms with E-state index < -0.39 is 11.8 Å². The zero-order valence-electron chi connectivity index (χ0n) is 13.5. The number of carbonyl (C=O) groups excluding carboxylic acids is 2. The molecule has 4 nitrogen and oxygen atoms in total. The zero-order valence-corrected chi connectivity index (χ0v) is 15.0. The van der Waals surface area contributed by atoms with Crippen LogP contribution >= 0.6 is 23.2 Å². The molecule has 0 atom stereocenters. The molecule has 0 heterocycles. The lowest BCUT2D eigenvalue weighted by atomic mass is 10.1. The topological polar surface area (TPSA) is 58.2 Å². The SMILES string of the molecule is O=C(Nc1ccccc1)c1cc(Cl)c(Cl)cc1C(=O)Nc1ccccc1. The fourth-order valence-electron chi connectivity index (χ4n) is 2.36. The number of nitrogens with one attached hydrogen (secondary N) is 2. The van der Waals surface area contributed by atoms with E-state index in [2.05, 4.69) is 10.6 Å². The van der Waals surface area contributed by atoms with Crippen molar-refractivity contribution in [2.75, 3.05) is 10.6 Å². The first-order valence-electron chi connectivity index (χ1n) is 7.76. The summed E-state index contributed by atoms with van der Waals surface area (Å²) in [6.45, 7) is 0. The lowest BCUT2D eigenvalue weighted by Crippen LogP contribution is -2.20. The number of hydrogen-bond acceptors (Lipinski definition) is 2. The molecule has 2 N–H and O–H groups in total. The van der Waals surface area contributed by atoms with Crippen molar-refractivity contribution in [2.24, 2.45) is 0 Å². The number of anilines is 2. The third-order valence-corrected chi connectivity index (χ3v) is 4.34. The fourth-order valence-corrected chi connectivity index (χ4v) is 2.69. The Morgan fingerprint density at radius 2 is 0.962 bits per heavy atom. The Bertz CT molecular complexity index is 866. The first-order chi connectivity index (χ1) is 12.5. The fraction of sp³-hybridized carbons (Fsp3) is 0. The van der Waals surface area contributed by atoms with E-state index in [1.807, 2.05) is 12.1 Å². The molecule has 0 spiro atoms. The average Bonchev–Trinajstić information content (AvgIpc) is 2.65. The molecule has 0 saturated heterocycles. The maximum atomic E-state index is 12.7. The van der Waals surface area contributed by atoms with Gasteiger partial charge in [-0.25, -0.2) is 0 Å². The van der Waals surface area contributed by atoms with Crippen molar-refractivity contribution >= 4 is 46.4 Å². The number of amides is 2. The van der Waals surface area contributed by atoms with E-state index in [-0.39, 0.29) is 21.2 Å². The standard InChI is InChI=1S/C20H14Cl2N2O2/c21-17-11-15(19(25)23-13-7-3-1-4-8-13)16(12-18(17)22)20(26)24-14-9-5-2-6-10-14/h1-12H,(H,23,25)(H,24,26). The molecule has 3 aromatic rings. The third-order valence-electron chi connectivity index (χ3n) is 3.61. The summed E-state index contributed by atoms with van der Waals surface area (Å²) in [5.41, 5.74) is 1.49. The quantitative estimate of drug-likeness (QED) is 0.623. The summed E-state index contributed by atoms with van der Waals surface area (Å²) in [4.78, 5) is 25.3. The van der Waals surface area contributed by atoms with Crippen molar-refractivity contribution in [3.8, 4) is 0 Å². The Labute approximate surface area is 160 Å². The van der Waals surface area contributed by atoms with Gasteiger partial charge in [-0.3, -0.25) is 9.59 Å². The Morgan fingerprint density at radius 1 is 0.615 bits per heavy atom. The normalized spacial score (nSPS) is 10.2. The molecule has 6 heteroatoms. The predicted molar refractivity (Wildman–Crippen MR) is 105 cm³/mol. The van der Waals surface area contributed by atoms with Crippen LogP contribution in [0.4, 0.5) is 11.4 Å². The van der Waals surface area contributed by atoms with E-state index in [1.165, 1.54) is 12.1 Å². The molecule has 0 aliphatic carbocycles. The van der Waals surface area contributed by atoms with Gasteiger partial charge in [-0.15, -0.1) is 0 Å². The molecular formula is C20H14Cl2N2O2. The Kier molecular flexibility index (Phi) is 5.56. The Morgan fingerprint density at radius 3 is 1.31 bits per heavy atom. The van der Waals surface area contributed by atoms with Gasteiger partial charge in [-0.1, -0.05) is 59.6 Å². The largest absolute Gasteiger partial charge is 0.322 e. The van der Waals surface area contributed by atoms with E-state index in [4.69, 9.17) is 23.2 Å². The van der Waals surface area contributed by atoms with E-state index in [1.54, 1.807) is 48.5 Å². The van der Waals surface area contributed by atoms with Crippen LogP contribution in [0.3, 0.4) is 0 Å². The first kappa shape index (κ1) is 18.0. The lowest BCUT2D eigenvalue weighted by molar-refractivity contribution is 0.0990. The van der Waals surface area contributed by atoms with Crippen LogP contribution in [0.1, 0.15) is 20.7 Å². The number of benzene rings is 3. The second kappa shape index (κ2) is 8.04. The minimum atomic E-state index is -0.451. The molecule has 0 radical (unpaired) electrons. The van der Waals surface area contributed by atoms with Crippen molar-refractivity contribution in [1.82, 2.24) is 0 Å². The van der Waals surface area contributed by atoms with Crippen molar-refractivity contribution in [1.29, 1.82) is 0 Å². The summed E-state index contributed by atoms with van der Waals surface area (Å²) in [7, 11) is 0. The van der Waals surface area contributed by atoms with Gasteiger partial charge in [0, 0.05) is 11.4 Å². The molecule has 0 saturated carbocycles. The van der Waals surface area contributed by atoms with Crippen LogP contribution in [0.2, 0.25) is 10.0 Å². The van der Waals surface area contributed by atoms with Gasteiger partial charge in [0.2, 0.25) is 0 Å². The van der Waals surface area contributed by atoms with Crippen molar-refractivity contribution in [2.45, 2.75) is 0 Å². The monoisotopic (exact) mass is 384 g/mol. The van der Waals surface area contributed by atoms with E-state index in [0.29, 0.717) is 11.4 Å². The molecular weight excluding hydrogens is 371 g/mol. The molecule has 0 aliphatic heterocycles. The van der Waals surface area contributed by atoms with Crippen LogP contribution in [-0.2, 0) is 0 Å². The van der Waals surface area contributed by atoms with Crippen LogP contribution in [0.5, 0.6) is 0 Å². The van der Waals surface area contributed by atoms with Crippen molar-refractivity contribution < 1.29 is 9.59 Å². The number of carbonyl (C=O) groups is 2. The highest BCUT2D eigenvalue weighted by molar-refractivity contribution is 6.42. The smallest absolute Gasteiger partial charge is 0.256 e. The van der Waals surface area contributed by atoms with Crippen molar-refractivity contribution in [3.63, 3.8) is 0 Å². The van der Waals surface area contributed by atoms with Gasteiger partial charge in [-0.05, 0) is 36.4 Å². The molecule has 0 fully saturated rings. The van der Waals surface area contributed by atoms with Crippen LogP contribution in [-0.4, -0.2) is 11.8 Å². The number of rotatable bonds is 4. The third kappa shape index (κ3) is 4.23. The average molecular weight is 385 g/mol. The van der Waals surface area contributed by atoms with Crippen LogP contribution in [0.25, 0.3) is 0 Å². The van der Waals surface area contributed by atoms with Gasteiger partial charge in [0.1, 0.15) is 0 Å². The van der Waals surface area contributed by atoms with Gasteiger partial charge in [0.25, 0.3) is 11.8 Å². The molecule has 0 aliphatic rings. The highest BCUT2D eigenvalue weighted by Gasteiger charge is 2.20. The maximum Gasteiger partial charge on any atom is 0.256 e. The van der Waals surface area contributed by atoms with Crippen molar-refractivity contribution in [3.05, 3.63) is 94.0 Å². The highest BCUT2D eigenvalue weighted by atomic mass is 35.5. The second-order valence-electron chi connectivity index (χ2n) is 5.45. The highest BCUT2D eigenvalue weighted by Crippen LogP contribution is 2.27. The number of halogens is 2. The number of para-hydroxylation sites is 2. The maximum absolute atomic E-state index is 12.7. The van der Waals surface area contributed by atoms with E-state index >= 15 is 0 Å². The molecule has 2 amide bonds. The molecule has 0 unspecified atom stereocenters. The Hall–Kier alpha value is -2.82. The summed E-state index contributed by atoms with van der Waals surface area (Å²) in [6, 6.07) is 20.7. The van der Waals surface area contributed by atoms with Gasteiger partial charge >= 0.3 is 0 Å². The zero-order chi connectivity index (χ0) is 18.5. The van der Waals surface area contributed by atoms with Crippen LogP contribution < -0.4 is 10.6 Å².